The highest BCUT2D eigenvalue weighted by atomic mass is 16.2. The Balaban J connectivity index is 1.35. The molecule has 1 fully saturated rings. The molecule has 1 aliphatic rings. The Morgan fingerprint density at radius 2 is 2.04 bits per heavy atom. The van der Waals surface area contributed by atoms with E-state index in [1.807, 2.05) is 46.2 Å². The molecule has 7 nitrogen and oxygen atoms in total. The summed E-state index contributed by atoms with van der Waals surface area (Å²) in [7, 11) is 0. The highest BCUT2D eigenvalue weighted by Crippen LogP contribution is 2.12. The fraction of sp³-hybridized carbons (Fsp3) is 0.500. The van der Waals surface area contributed by atoms with Crippen LogP contribution >= 0.6 is 0 Å². The maximum atomic E-state index is 12.4. The first-order valence-corrected chi connectivity index (χ1v) is 8.87. The summed E-state index contributed by atoms with van der Waals surface area (Å²) in [5, 5.41) is 7.59. The van der Waals surface area contributed by atoms with Gasteiger partial charge < -0.3 is 15.1 Å². The van der Waals surface area contributed by atoms with E-state index >= 15 is 0 Å². The van der Waals surface area contributed by atoms with Crippen molar-refractivity contribution in [3.05, 3.63) is 42.9 Å². The first-order chi connectivity index (χ1) is 12.2. The Hall–Kier alpha value is -2.41. The number of aromatic nitrogens is 3. The summed E-state index contributed by atoms with van der Waals surface area (Å²) in [6.45, 7) is 6.82. The maximum absolute atomic E-state index is 12.4. The second-order valence-corrected chi connectivity index (χ2v) is 6.39. The van der Waals surface area contributed by atoms with Crippen LogP contribution in [0.4, 0.5) is 5.82 Å². The molecular weight excluding hydrogens is 316 g/mol. The molecule has 1 N–H and O–H groups in total. The van der Waals surface area contributed by atoms with Crippen molar-refractivity contribution in [2.75, 3.05) is 37.6 Å². The van der Waals surface area contributed by atoms with Gasteiger partial charge in [-0.2, -0.15) is 5.10 Å². The minimum Gasteiger partial charge on any atom is -0.353 e. The lowest BCUT2D eigenvalue weighted by Crippen LogP contribution is -2.49. The number of carbonyl (C=O) groups is 1. The van der Waals surface area contributed by atoms with Gasteiger partial charge in [0.1, 0.15) is 5.82 Å². The van der Waals surface area contributed by atoms with Crippen LogP contribution in [0.1, 0.15) is 13.3 Å². The first-order valence-electron chi connectivity index (χ1n) is 8.87. The van der Waals surface area contributed by atoms with E-state index in [0.717, 1.165) is 38.5 Å². The van der Waals surface area contributed by atoms with E-state index in [9.17, 15) is 4.79 Å². The minimum absolute atomic E-state index is 0.222. The number of hydrogen-bond acceptors (Lipinski definition) is 5. The summed E-state index contributed by atoms with van der Waals surface area (Å²) >= 11 is 0. The summed E-state index contributed by atoms with van der Waals surface area (Å²) < 4.78 is 1.90. The van der Waals surface area contributed by atoms with E-state index in [4.69, 9.17) is 0 Å². The molecule has 0 unspecified atom stereocenters. The largest absolute Gasteiger partial charge is 0.353 e. The number of piperazine rings is 1. The van der Waals surface area contributed by atoms with Crippen LogP contribution in [0.5, 0.6) is 0 Å². The number of nitrogens with zero attached hydrogens (tertiary/aromatic N) is 5. The van der Waals surface area contributed by atoms with E-state index in [-0.39, 0.29) is 11.9 Å². The molecule has 0 bridgehead atoms. The van der Waals surface area contributed by atoms with Crippen LogP contribution in [0.25, 0.3) is 0 Å². The van der Waals surface area contributed by atoms with Gasteiger partial charge in [-0.25, -0.2) is 4.98 Å². The lowest BCUT2D eigenvalue weighted by Gasteiger charge is -2.35. The number of anilines is 1. The predicted octanol–water partition coefficient (Wildman–Crippen LogP) is 0.995. The second-order valence-electron chi connectivity index (χ2n) is 6.39. The van der Waals surface area contributed by atoms with Gasteiger partial charge in [0.05, 0.1) is 6.54 Å². The Morgan fingerprint density at radius 3 is 2.72 bits per heavy atom. The van der Waals surface area contributed by atoms with Gasteiger partial charge in [0.25, 0.3) is 0 Å². The molecule has 25 heavy (non-hydrogen) atoms. The maximum Gasteiger partial charge on any atom is 0.223 e. The van der Waals surface area contributed by atoms with Crippen LogP contribution in [-0.4, -0.2) is 64.3 Å². The van der Waals surface area contributed by atoms with Crippen molar-refractivity contribution < 1.29 is 4.79 Å². The van der Waals surface area contributed by atoms with Crippen molar-refractivity contribution in [2.45, 2.75) is 25.9 Å². The molecule has 0 spiro atoms. The molecule has 0 aliphatic carbocycles. The van der Waals surface area contributed by atoms with Crippen molar-refractivity contribution in [1.29, 1.82) is 0 Å². The topological polar surface area (TPSA) is 66.3 Å². The molecule has 7 heteroatoms. The zero-order chi connectivity index (χ0) is 17.5. The van der Waals surface area contributed by atoms with Crippen molar-refractivity contribution in [3.8, 4) is 0 Å². The quantitative estimate of drug-likeness (QED) is 0.813. The fourth-order valence-corrected chi connectivity index (χ4v) is 3.06. The third-order valence-electron chi connectivity index (χ3n) is 4.46. The highest BCUT2D eigenvalue weighted by molar-refractivity contribution is 5.76. The molecule has 0 radical (unpaired) electrons. The molecule has 1 amide bonds. The van der Waals surface area contributed by atoms with Gasteiger partial charge in [0.2, 0.25) is 5.91 Å². The third-order valence-corrected chi connectivity index (χ3v) is 4.46. The average Bonchev–Trinajstić information content (AvgIpc) is 3.15. The van der Waals surface area contributed by atoms with Crippen LogP contribution in [0.2, 0.25) is 0 Å². The van der Waals surface area contributed by atoms with E-state index in [2.05, 4.69) is 27.2 Å². The molecule has 3 rings (SSSR count). The van der Waals surface area contributed by atoms with Gasteiger partial charge in [0.15, 0.2) is 0 Å². The van der Waals surface area contributed by atoms with Crippen molar-refractivity contribution in [2.24, 2.45) is 0 Å². The lowest BCUT2D eigenvalue weighted by atomic mass is 10.2. The Bertz CT molecular complexity index is 637. The van der Waals surface area contributed by atoms with E-state index < -0.39 is 0 Å². The van der Waals surface area contributed by atoms with Crippen molar-refractivity contribution in [3.63, 3.8) is 0 Å². The molecule has 1 atom stereocenters. The van der Waals surface area contributed by atoms with Gasteiger partial charge >= 0.3 is 0 Å². The standard InChI is InChI=1S/C18H26N6O/c1-16(15-24-10-4-8-21-24)19-9-6-18(25)23-13-11-22(12-14-23)17-5-2-3-7-20-17/h2-5,7-8,10,16,19H,6,9,11-15H2,1H3/t16-/m0/s1. The smallest absolute Gasteiger partial charge is 0.223 e. The number of nitrogens with one attached hydrogen (secondary N) is 1. The number of rotatable bonds is 7. The molecule has 3 heterocycles. The fourth-order valence-electron chi connectivity index (χ4n) is 3.06. The zero-order valence-electron chi connectivity index (χ0n) is 14.7. The molecule has 0 aromatic carbocycles. The minimum atomic E-state index is 0.222. The summed E-state index contributed by atoms with van der Waals surface area (Å²) in [4.78, 5) is 20.9. The normalized spacial score (nSPS) is 16.0. The molecule has 2 aromatic heterocycles. The Labute approximate surface area is 148 Å². The summed E-state index contributed by atoms with van der Waals surface area (Å²) in [5.74, 6) is 1.21. The van der Waals surface area contributed by atoms with E-state index in [0.29, 0.717) is 13.0 Å². The van der Waals surface area contributed by atoms with Crippen LogP contribution < -0.4 is 10.2 Å². The van der Waals surface area contributed by atoms with Crippen LogP contribution in [0, 0.1) is 0 Å². The Morgan fingerprint density at radius 1 is 1.20 bits per heavy atom. The number of hydrogen-bond donors (Lipinski definition) is 1. The molecule has 2 aromatic rings. The van der Waals surface area contributed by atoms with Gasteiger partial charge in [-0.3, -0.25) is 9.48 Å². The van der Waals surface area contributed by atoms with Gasteiger partial charge in [0, 0.05) is 63.8 Å². The van der Waals surface area contributed by atoms with Crippen LogP contribution in [0.15, 0.2) is 42.9 Å². The summed E-state index contributed by atoms with van der Waals surface area (Å²) in [6, 6.07) is 8.14. The molecule has 0 saturated carbocycles. The molecule has 134 valence electrons. The van der Waals surface area contributed by atoms with Gasteiger partial charge in [-0.05, 0) is 25.1 Å². The van der Waals surface area contributed by atoms with Crippen molar-refractivity contribution >= 4 is 11.7 Å². The molecule has 1 saturated heterocycles. The van der Waals surface area contributed by atoms with E-state index in [1.165, 1.54) is 0 Å². The number of carbonyl (C=O) groups excluding carboxylic acids is 1. The zero-order valence-corrected chi connectivity index (χ0v) is 14.7. The number of pyridine rings is 1. The molecule has 1 aliphatic heterocycles. The third kappa shape index (κ3) is 5.03. The average molecular weight is 342 g/mol. The first kappa shape index (κ1) is 17.4. The Kier molecular flexibility index (Phi) is 6.00. The monoisotopic (exact) mass is 342 g/mol. The van der Waals surface area contributed by atoms with E-state index in [1.54, 1.807) is 6.20 Å². The summed E-state index contributed by atoms with van der Waals surface area (Å²) in [6.07, 6.45) is 6.07. The van der Waals surface area contributed by atoms with Crippen LogP contribution in [-0.2, 0) is 11.3 Å². The van der Waals surface area contributed by atoms with Gasteiger partial charge in [-0.1, -0.05) is 6.07 Å². The molecular formula is C18H26N6O. The summed E-state index contributed by atoms with van der Waals surface area (Å²) in [5.41, 5.74) is 0. The predicted molar refractivity (Wildman–Crippen MR) is 97.3 cm³/mol. The SMILES string of the molecule is C[C@@H](Cn1cccn1)NCCC(=O)N1CCN(c2ccccn2)CC1. The van der Waals surface area contributed by atoms with Gasteiger partial charge in [-0.15, -0.1) is 0 Å². The van der Waals surface area contributed by atoms with Crippen molar-refractivity contribution in [1.82, 2.24) is 25.0 Å². The number of amides is 1. The van der Waals surface area contributed by atoms with Crippen LogP contribution in [0.3, 0.4) is 0 Å². The highest BCUT2D eigenvalue weighted by Gasteiger charge is 2.21. The lowest BCUT2D eigenvalue weighted by molar-refractivity contribution is -0.131. The second kappa shape index (κ2) is 8.62.